The highest BCUT2D eigenvalue weighted by Crippen LogP contribution is 2.22. The molecule has 0 aliphatic carbocycles. The van der Waals surface area contributed by atoms with E-state index < -0.39 is 0 Å². The topological polar surface area (TPSA) is 29.9 Å². The van der Waals surface area contributed by atoms with Gasteiger partial charge in [-0.25, -0.2) is 4.39 Å². The Morgan fingerprint density at radius 2 is 2.05 bits per heavy atom. The van der Waals surface area contributed by atoms with Crippen molar-refractivity contribution in [3.63, 3.8) is 0 Å². The largest absolute Gasteiger partial charge is 0.313 e. The predicted octanol–water partition coefficient (Wildman–Crippen LogP) is 3.45. The molecule has 0 amide bonds. The number of nitrogens with zero attached hydrogens (tertiary/aromatic N) is 2. The standard InChI is InChI=1S/C15H19ClFN3/c1-4-18-8-12-10(2)19-20(11(12)3)9-13-14(16)6-5-7-15(13)17/h5-7,18H,4,8-9H2,1-3H3. The Hall–Kier alpha value is -1.39. The Morgan fingerprint density at radius 1 is 1.30 bits per heavy atom. The highest BCUT2D eigenvalue weighted by atomic mass is 35.5. The number of hydrogen-bond acceptors (Lipinski definition) is 2. The number of halogens is 2. The van der Waals surface area contributed by atoms with Crippen molar-refractivity contribution in [1.29, 1.82) is 0 Å². The van der Waals surface area contributed by atoms with Crippen LogP contribution in [0.2, 0.25) is 5.02 Å². The molecule has 0 saturated carbocycles. The summed E-state index contributed by atoms with van der Waals surface area (Å²) >= 11 is 6.07. The molecular weight excluding hydrogens is 277 g/mol. The van der Waals surface area contributed by atoms with Crippen LogP contribution in [0, 0.1) is 19.7 Å². The number of aryl methyl sites for hydroxylation is 1. The number of hydrogen-bond donors (Lipinski definition) is 1. The van der Waals surface area contributed by atoms with Gasteiger partial charge in [0.1, 0.15) is 5.82 Å². The van der Waals surface area contributed by atoms with Crippen LogP contribution in [0.4, 0.5) is 4.39 Å². The zero-order valence-corrected chi connectivity index (χ0v) is 12.8. The first kappa shape index (κ1) is 15.0. The molecule has 2 rings (SSSR count). The molecule has 1 heterocycles. The van der Waals surface area contributed by atoms with E-state index >= 15 is 0 Å². The van der Waals surface area contributed by atoms with E-state index in [2.05, 4.69) is 17.3 Å². The molecule has 1 aromatic heterocycles. The Morgan fingerprint density at radius 3 is 2.70 bits per heavy atom. The molecule has 0 saturated heterocycles. The van der Waals surface area contributed by atoms with Crippen molar-refractivity contribution < 1.29 is 4.39 Å². The van der Waals surface area contributed by atoms with E-state index in [1.165, 1.54) is 11.6 Å². The number of benzene rings is 1. The maximum Gasteiger partial charge on any atom is 0.129 e. The molecule has 108 valence electrons. The van der Waals surface area contributed by atoms with Crippen LogP contribution in [0.5, 0.6) is 0 Å². The highest BCUT2D eigenvalue weighted by Gasteiger charge is 2.14. The quantitative estimate of drug-likeness (QED) is 0.915. The Balaban J connectivity index is 2.30. The fourth-order valence-corrected chi connectivity index (χ4v) is 2.45. The van der Waals surface area contributed by atoms with Gasteiger partial charge in [0.05, 0.1) is 12.2 Å². The van der Waals surface area contributed by atoms with Gasteiger partial charge in [0.25, 0.3) is 0 Å². The Labute approximate surface area is 123 Å². The zero-order chi connectivity index (χ0) is 14.7. The van der Waals surface area contributed by atoms with E-state index in [0.717, 1.165) is 24.5 Å². The molecule has 1 aromatic carbocycles. The van der Waals surface area contributed by atoms with Gasteiger partial charge in [-0.1, -0.05) is 24.6 Å². The normalized spacial score (nSPS) is 11.1. The molecule has 5 heteroatoms. The van der Waals surface area contributed by atoms with Crippen molar-refractivity contribution >= 4 is 11.6 Å². The van der Waals surface area contributed by atoms with Crippen molar-refractivity contribution in [2.75, 3.05) is 6.54 Å². The SMILES string of the molecule is CCNCc1c(C)nn(Cc2c(F)cccc2Cl)c1C. The third-order valence-corrected chi connectivity index (χ3v) is 3.81. The van der Waals surface area contributed by atoms with Gasteiger partial charge in [0, 0.05) is 28.4 Å². The highest BCUT2D eigenvalue weighted by molar-refractivity contribution is 6.31. The molecule has 0 aliphatic heterocycles. The van der Waals surface area contributed by atoms with Crippen LogP contribution in [0.15, 0.2) is 18.2 Å². The average Bonchev–Trinajstić information content (AvgIpc) is 2.67. The van der Waals surface area contributed by atoms with Gasteiger partial charge in [-0.3, -0.25) is 4.68 Å². The van der Waals surface area contributed by atoms with Crippen molar-refractivity contribution in [1.82, 2.24) is 15.1 Å². The van der Waals surface area contributed by atoms with E-state index in [0.29, 0.717) is 17.1 Å². The Kier molecular flexibility index (Phi) is 4.78. The lowest BCUT2D eigenvalue weighted by atomic mass is 10.2. The summed E-state index contributed by atoms with van der Waals surface area (Å²) < 4.78 is 15.7. The second kappa shape index (κ2) is 6.37. The minimum Gasteiger partial charge on any atom is -0.313 e. The molecule has 2 aromatic rings. The monoisotopic (exact) mass is 295 g/mol. The Bertz CT molecular complexity index is 587. The lowest BCUT2D eigenvalue weighted by Gasteiger charge is -2.08. The summed E-state index contributed by atoms with van der Waals surface area (Å²) in [5.74, 6) is -0.293. The van der Waals surface area contributed by atoms with Crippen LogP contribution < -0.4 is 5.32 Å². The summed E-state index contributed by atoms with van der Waals surface area (Å²) in [7, 11) is 0. The average molecular weight is 296 g/mol. The smallest absolute Gasteiger partial charge is 0.129 e. The van der Waals surface area contributed by atoms with Crippen LogP contribution in [0.3, 0.4) is 0 Å². The number of nitrogens with one attached hydrogen (secondary N) is 1. The third-order valence-electron chi connectivity index (χ3n) is 3.45. The first-order chi connectivity index (χ1) is 9.54. The molecule has 0 spiro atoms. The lowest BCUT2D eigenvalue weighted by molar-refractivity contribution is 0.578. The van der Waals surface area contributed by atoms with Gasteiger partial charge in [0.15, 0.2) is 0 Å². The van der Waals surface area contributed by atoms with Gasteiger partial charge >= 0.3 is 0 Å². The van der Waals surface area contributed by atoms with Crippen LogP contribution in [-0.2, 0) is 13.1 Å². The van der Waals surface area contributed by atoms with E-state index in [4.69, 9.17) is 11.6 Å². The fourth-order valence-electron chi connectivity index (χ4n) is 2.23. The molecule has 1 N–H and O–H groups in total. The molecule has 0 atom stereocenters. The molecule has 20 heavy (non-hydrogen) atoms. The molecule has 0 aliphatic rings. The summed E-state index contributed by atoms with van der Waals surface area (Å²) in [6.45, 7) is 8.07. The van der Waals surface area contributed by atoms with Crippen molar-refractivity contribution in [2.45, 2.75) is 33.9 Å². The molecule has 3 nitrogen and oxygen atoms in total. The van der Waals surface area contributed by atoms with Crippen LogP contribution in [0.25, 0.3) is 0 Å². The summed E-state index contributed by atoms with van der Waals surface area (Å²) in [4.78, 5) is 0. The first-order valence-corrected chi connectivity index (χ1v) is 7.08. The summed E-state index contributed by atoms with van der Waals surface area (Å²) in [5, 5.41) is 8.22. The van der Waals surface area contributed by atoms with Crippen LogP contribution >= 0.6 is 11.6 Å². The molecule has 0 bridgehead atoms. The lowest BCUT2D eigenvalue weighted by Crippen LogP contribution is -2.13. The van der Waals surface area contributed by atoms with Crippen LogP contribution in [-0.4, -0.2) is 16.3 Å². The van der Waals surface area contributed by atoms with Gasteiger partial charge in [-0.05, 0) is 32.5 Å². The molecule has 0 fully saturated rings. The van der Waals surface area contributed by atoms with Crippen molar-refractivity contribution in [3.8, 4) is 0 Å². The number of aromatic nitrogens is 2. The second-order valence-electron chi connectivity index (χ2n) is 4.79. The van der Waals surface area contributed by atoms with Crippen molar-refractivity contribution in [2.24, 2.45) is 0 Å². The molecule has 0 unspecified atom stereocenters. The fraction of sp³-hybridized carbons (Fsp3) is 0.400. The minimum absolute atomic E-state index is 0.293. The summed E-state index contributed by atoms with van der Waals surface area (Å²) in [6, 6.07) is 4.73. The van der Waals surface area contributed by atoms with Gasteiger partial charge in [-0.2, -0.15) is 5.10 Å². The third kappa shape index (κ3) is 3.02. The van der Waals surface area contributed by atoms with Gasteiger partial charge < -0.3 is 5.32 Å². The predicted molar refractivity (Wildman–Crippen MR) is 79.6 cm³/mol. The van der Waals surface area contributed by atoms with E-state index in [-0.39, 0.29) is 5.82 Å². The van der Waals surface area contributed by atoms with Crippen molar-refractivity contribution in [3.05, 3.63) is 51.6 Å². The van der Waals surface area contributed by atoms with E-state index in [1.807, 2.05) is 18.5 Å². The minimum atomic E-state index is -0.293. The number of rotatable bonds is 5. The van der Waals surface area contributed by atoms with Crippen LogP contribution in [0.1, 0.15) is 29.4 Å². The zero-order valence-electron chi connectivity index (χ0n) is 12.0. The van der Waals surface area contributed by atoms with E-state index in [9.17, 15) is 4.39 Å². The van der Waals surface area contributed by atoms with Gasteiger partial charge in [0.2, 0.25) is 0 Å². The summed E-state index contributed by atoms with van der Waals surface area (Å²) in [5.41, 5.74) is 3.66. The molecular formula is C15H19ClFN3. The summed E-state index contributed by atoms with van der Waals surface area (Å²) in [6.07, 6.45) is 0. The van der Waals surface area contributed by atoms with Gasteiger partial charge in [-0.15, -0.1) is 0 Å². The molecule has 0 radical (unpaired) electrons. The second-order valence-corrected chi connectivity index (χ2v) is 5.19. The first-order valence-electron chi connectivity index (χ1n) is 6.71. The van der Waals surface area contributed by atoms with E-state index in [1.54, 1.807) is 12.1 Å². The maximum atomic E-state index is 13.8. The maximum absolute atomic E-state index is 13.8.